The summed E-state index contributed by atoms with van der Waals surface area (Å²) in [5.74, 6) is 0.133. The fourth-order valence-corrected chi connectivity index (χ4v) is 3.79. The summed E-state index contributed by atoms with van der Waals surface area (Å²) in [7, 11) is 1.49. The lowest BCUT2D eigenvalue weighted by Gasteiger charge is -2.41. The van der Waals surface area contributed by atoms with Gasteiger partial charge in [0.1, 0.15) is 11.6 Å². The molecule has 2 aromatic carbocycles. The minimum Gasteiger partial charge on any atom is -0.497 e. The molecule has 164 valence electrons. The predicted octanol–water partition coefficient (Wildman–Crippen LogP) is 3.92. The number of benzene rings is 2. The highest BCUT2D eigenvalue weighted by Gasteiger charge is 2.30. The molecule has 1 saturated heterocycles. The van der Waals surface area contributed by atoms with E-state index in [0.29, 0.717) is 50.5 Å². The van der Waals surface area contributed by atoms with Gasteiger partial charge in [-0.2, -0.15) is 13.2 Å². The summed E-state index contributed by atoms with van der Waals surface area (Å²) in [6, 6.07) is 10.0. The Balaban J connectivity index is 1.63. The fraction of sp³-hybridized carbons (Fsp3) is 0.455. The monoisotopic (exact) mass is 426 g/mol. The van der Waals surface area contributed by atoms with Crippen molar-refractivity contribution in [2.75, 3.05) is 33.4 Å². The van der Waals surface area contributed by atoms with E-state index < -0.39 is 11.7 Å². The van der Waals surface area contributed by atoms with Gasteiger partial charge in [-0.15, -0.1) is 0 Å². The highest BCUT2D eigenvalue weighted by atomic mass is 19.4. The van der Waals surface area contributed by atoms with Gasteiger partial charge in [-0.1, -0.05) is 18.2 Å². The van der Waals surface area contributed by atoms with Crippen LogP contribution in [0.3, 0.4) is 0 Å². The third kappa shape index (κ3) is 5.71. The van der Waals surface area contributed by atoms with E-state index in [1.165, 1.54) is 25.3 Å². The minimum absolute atomic E-state index is 0.0143. The number of rotatable bonds is 7. The number of nitrogens with zero attached hydrogens (tertiary/aromatic N) is 2. The van der Waals surface area contributed by atoms with Crippen LogP contribution in [-0.4, -0.2) is 54.3 Å². The van der Waals surface area contributed by atoms with Crippen LogP contribution in [0.4, 0.5) is 17.6 Å². The summed E-state index contributed by atoms with van der Waals surface area (Å²) >= 11 is 0. The van der Waals surface area contributed by atoms with Gasteiger partial charge in [0.25, 0.3) is 0 Å². The fourth-order valence-electron chi connectivity index (χ4n) is 3.79. The van der Waals surface area contributed by atoms with Gasteiger partial charge in [0.05, 0.1) is 12.7 Å². The summed E-state index contributed by atoms with van der Waals surface area (Å²) in [6.45, 7) is 3.01. The molecule has 2 aromatic rings. The standard InChI is InChI=1S/C22H26F4N2O2/c1-30-20-7-4-17(21(23)12-20)14-28-10-9-27(15-19(28)8-11-29)13-16-2-5-18(6-3-16)22(24,25)26/h2-7,12,19,29H,8-11,13-15H2,1H3. The average Bonchev–Trinajstić information content (AvgIpc) is 2.71. The van der Waals surface area contributed by atoms with Gasteiger partial charge in [-0.25, -0.2) is 4.39 Å². The smallest absolute Gasteiger partial charge is 0.416 e. The van der Waals surface area contributed by atoms with Crippen LogP contribution in [-0.2, 0) is 19.3 Å². The number of methoxy groups -OCH3 is 1. The molecule has 0 aliphatic carbocycles. The Labute approximate surface area is 173 Å². The zero-order valence-electron chi connectivity index (χ0n) is 16.8. The lowest BCUT2D eigenvalue weighted by molar-refractivity contribution is -0.137. The lowest BCUT2D eigenvalue weighted by Crippen LogP contribution is -2.52. The number of halogens is 4. The van der Waals surface area contributed by atoms with Crippen molar-refractivity contribution in [2.24, 2.45) is 0 Å². The number of aliphatic hydroxyl groups is 1. The van der Waals surface area contributed by atoms with Crippen LogP contribution in [0.25, 0.3) is 0 Å². The van der Waals surface area contributed by atoms with Crippen LogP contribution in [0.15, 0.2) is 42.5 Å². The maximum Gasteiger partial charge on any atom is 0.416 e. The summed E-state index contributed by atoms with van der Waals surface area (Å²) in [4.78, 5) is 4.30. The molecule has 0 bridgehead atoms. The maximum absolute atomic E-state index is 14.3. The van der Waals surface area contributed by atoms with E-state index in [2.05, 4.69) is 9.80 Å². The second kappa shape index (κ2) is 9.76. The van der Waals surface area contributed by atoms with Gasteiger partial charge in [0.15, 0.2) is 0 Å². The quantitative estimate of drug-likeness (QED) is 0.681. The van der Waals surface area contributed by atoms with Crippen LogP contribution >= 0.6 is 0 Å². The average molecular weight is 426 g/mol. The number of alkyl halides is 3. The van der Waals surface area contributed by atoms with Gasteiger partial charge in [-0.3, -0.25) is 9.80 Å². The molecular formula is C22H26F4N2O2. The molecule has 1 heterocycles. The number of ether oxygens (including phenoxy) is 1. The van der Waals surface area contributed by atoms with E-state index >= 15 is 0 Å². The highest BCUT2D eigenvalue weighted by Crippen LogP contribution is 2.29. The molecule has 1 aliphatic rings. The third-order valence-corrected chi connectivity index (χ3v) is 5.47. The zero-order chi connectivity index (χ0) is 21.7. The van der Waals surface area contributed by atoms with Crippen LogP contribution < -0.4 is 4.74 Å². The van der Waals surface area contributed by atoms with Gasteiger partial charge < -0.3 is 9.84 Å². The van der Waals surface area contributed by atoms with Gasteiger partial charge >= 0.3 is 6.18 Å². The first-order valence-corrected chi connectivity index (χ1v) is 9.86. The van der Waals surface area contributed by atoms with E-state index in [1.54, 1.807) is 12.1 Å². The Morgan fingerprint density at radius 2 is 1.80 bits per heavy atom. The Morgan fingerprint density at radius 1 is 1.07 bits per heavy atom. The molecule has 4 nitrogen and oxygen atoms in total. The van der Waals surface area contributed by atoms with Crippen molar-refractivity contribution in [3.8, 4) is 5.75 Å². The molecule has 30 heavy (non-hydrogen) atoms. The molecule has 0 spiro atoms. The van der Waals surface area contributed by atoms with E-state index in [1.807, 2.05) is 0 Å². The molecule has 8 heteroatoms. The van der Waals surface area contributed by atoms with Crippen LogP contribution in [0.5, 0.6) is 5.75 Å². The summed E-state index contributed by atoms with van der Waals surface area (Å²) in [6.07, 6.45) is -3.80. The first kappa shape index (κ1) is 22.5. The highest BCUT2D eigenvalue weighted by molar-refractivity contribution is 5.29. The normalized spacial score (nSPS) is 18.5. The molecule has 1 unspecified atom stereocenters. The zero-order valence-corrected chi connectivity index (χ0v) is 16.8. The molecule has 1 atom stereocenters. The number of hydrogen-bond donors (Lipinski definition) is 1. The summed E-state index contributed by atoms with van der Waals surface area (Å²) < 4.78 is 57.6. The topological polar surface area (TPSA) is 35.9 Å². The second-order valence-electron chi connectivity index (χ2n) is 7.52. The van der Waals surface area contributed by atoms with Crippen molar-refractivity contribution in [2.45, 2.75) is 31.7 Å². The first-order chi connectivity index (χ1) is 14.3. The second-order valence-corrected chi connectivity index (χ2v) is 7.52. The molecule has 0 radical (unpaired) electrons. The Morgan fingerprint density at radius 3 is 2.40 bits per heavy atom. The van der Waals surface area contributed by atoms with E-state index in [9.17, 15) is 22.7 Å². The summed E-state index contributed by atoms with van der Waals surface area (Å²) in [5.41, 5.74) is 0.714. The van der Waals surface area contributed by atoms with Crippen LogP contribution in [0, 0.1) is 5.82 Å². The number of piperazine rings is 1. The first-order valence-electron chi connectivity index (χ1n) is 9.86. The van der Waals surface area contributed by atoms with Gasteiger partial charge in [0.2, 0.25) is 0 Å². The number of hydrogen-bond acceptors (Lipinski definition) is 4. The minimum atomic E-state index is -4.34. The van der Waals surface area contributed by atoms with Crippen molar-refractivity contribution in [1.82, 2.24) is 9.80 Å². The molecule has 3 rings (SSSR count). The van der Waals surface area contributed by atoms with E-state index in [4.69, 9.17) is 4.74 Å². The Kier molecular flexibility index (Phi) is 7.33. The Bertz CT molecular complexity index is 827. The van der Waals surface area contributed by atoms with Crippen molar-refractivity contribution in [3.63, 3.8) is 0 Å². The lowest BCUT2D eigenvalue weighted by atomic mass is 10.1. The molecular weight excluding hydrogens is 400 g/mol. The Hall–Kier alpha value is -2.16. The SMILES string of the molecule is COc1ccc(CN2CCN(Cc3ccc(C(F)(F)F)cc3)CC2CCO)c(F)c1. The maximum atomic E-state index is 14.3. The van der Waals surface area contributed by atoms with E-state index in [0.717, 1.165) is 17.7 Å². The van der Waals surface area contributed by atoms with Crippen molar-refractivity contribution < 1.29 is 27.4 Å². The van der Waals surface area contributed by atoms with Crippen molar-refractivity contribution in [3.05, 3.63) is 65.0 Å². The van der Waals surface area contributed by atoms with Crippen molar-refractivity contribution >= 4 is 0 Å². The largest absolute Gasteiger partial charge is 0.497 e. The van der Waals surface area contributed by atoms with Gasteiger partial charge in [0, 0.05) is 57.0 Å². The van der Waals surface area contributed by atoms with Crippen molar-refractivity contribution in [1.29, 1.82) is 0 Å². The molecule has 1 N–H and O–H groups in total. The molecule has 0 aromatic heterocycles. The third-order valence-electron chi connectivity index (χ3n) is 5.47. The van der Waals surface area contributed by atoms with Crippen LogP contribution in [0.2, 0.25) is 0 Å². The summed E-state index contributed by atoms with van der Waals surface area (Å²) in [5, 5.41) is 9.47. The molecule has 0 saturated carbocycles. The number of aliphatic hydroxyl groups excluding tert-OH is 1. The van der Waals surface area contributed by atoms with E-state index in [-0.39, 0.29) is 18.5 Å². The van der Waals surface area contributed by atoms with Crippen LogP contribution in [0.1, 0.15) is 23.1 Å². The molecule has 1 fully saturated rings. The van der Waals surface area contributed by atoms with Gasteiger partial charge in [-0.05, 0) is 30.2 Å². The predicted molar refractivity (Wildman–Crippen MR) is 106 cm³/mol. The molecule has 0 amide bonds. The molecule has 1 aliphatic heterocycles.